The second-order valence-corrected chi connectivity index (χ2v) is 5.19. The van der Waals surface area contributed by atoms with Crippen LogP contribution in [0.3, 0.4) is 0 Å². The SMILES string of the molecule is CN1CCC(Oc2ccc(C(N)=O)cc2C(F)(F)F)CC1. The fraction of sp³-hybridized carbons (Fsp3) is 0.500. The van der Waals surface area contributed by atoms with Gasteiger partial charge in [-0.25, -0.2) is 0 Å². The van der Waals surface area contributed by atoms with Gasteiger partial charge in [-0.1, -0.05) is 0 Å². The number of nitrogens with zero attached hydrogens (tertiary/aromatic N) is 1. The Kier molecular flexibility index (Phi) is 4.41. The highest BCUT2D eigenvalue weighted by Crippen LogP contribution is 2.37. The van der Waals surface area contributed by atoms with Crippen LogP contribution in [0.5, 0.6) is 5.75 Å². The first-order valence-electron chi connectivity index (χ1n) is 6.63. The van der Waals surface area contributed by atoms with Crippen molar-refractivity contribution >= 4 is 5.91 Å². The molecule has 1 amide bonds. The van der Waals surface area contributed by atoms with Crippen LogP contribution in [0, 0.1) is 0 Å². The number of carbonyl (C=O) groups excluding carboxylic acids is 1. The van der Waals surface area contributed by atoms with Crippen molar-refractivity contribution in [1.82, 2.24) is 4.90 Å². The van der Waals surface area contributed by atoms with Gasteiger partial charge in [0.1, 0.15) is 11.9 Å². The van der Waals surface area contributed by atoms with Crippen LogP contribution < -0.4 is 10.5 Å². The van der Waals surface area contributed by atoms with E-state index in [0.29, 0.717) is 12.8 Å². The van der Waals surface area contributed by atoms with Crippen molar-refractivity contribution in [2.75, 3.05) is 20.1 Å². The van der Waals surface area contributed by atoms with Crippen molar-refractivity contribution in [3.05, 3.63) is 29.3 Å². The lowest BCUT2D eigenvalue weighted by Gasteiger charge is -2.30. The van der Waals surface area contributed by atoms with E-state index in [1.165, 1.54) is 12.1 Å². The minimum atomic E-state index is -4.59. The van der Waals surface area contributed by atoms with Gasteiger partial charge in [0.2, 0.25) is 5.91 Å². The smallest absolute Gasteiger partial charge is 0.419 e. The number of hydrogen-bond donors (Lipinski definition) is 1. The number of amides is 1. The first kappa shape index (κ1) is 15.6. The van der Waals surface area contributed by atoms with Crippen LogP contribution in [0.1, 0.15) is 28.8 Å². The van der Waals surface area contributed by atoms with E-state index in [4.69, 9.17) is 10.5 Å². The number of nitrogens with two attached hydrogens (primary N) is 1. The quantitative estimate of drug-likeness (QED) is 0.932. The summed E-state index contributed by atoms with van der Waals surface area (Å²) in [5.41, 5.74) is 3.88. The van der Waals surface area contributed by atoms with Gasteiger partial charge in [-0.05, 0) is 38.1 Å². The average molecular weight is 302 g/mol. The van der Waals surface area contributed by atoms with Gasteiger partial charge in [-0.15, -0.1) is 0 Å². The number of hydrogen-bond acceptors (Lipinski definition) is 3. The van der Waals surface area contributed by atoms with Crippen LogP contribution in [-0.4, -0.2) is 37.0 Å². The van der Waals surface area contributed by atoms with Crippen LogP contribution in [0.4, 0.5) is 13.2 Å². The molecular formula is C14H17F3N2O2. The summed E-state index contributed by atoms with van der Waals surface area (Å²) in [7, 11) is 1.96. The Morgan fingerprint density at radius 3 is 2.48 bits per heavy atom. The van der Waals surface area contributed by atoms with Gasteiger partial charge in [0.25, 0.3) is 0 Å². The molecule has 0 unspecified atom stereocenters. The van der Waals surface area contributed by atoms with Gasteiger partial charge >= 0.3 is 6.18 Å². The van der Waals surface area contributed by atoms with Gasteiger partial charge in [-0.2, -0.15) is 13.2 Å². The molecule has 1 saturated heterocycles. The third-order valence-electron chi connectivity index (χ3n) is 3.53. The molecule has 0 atom stereocenters. The molecule has 0 saturated carbocycles. The van der Waals surface area contributed by atoms with E-state index >= 15 is 0 Å². The predicted octanol–water partition coefficient (Wildman–Crippen LogP) is 2.28. The molecular weight excluding hydrogens is 285 g/mol. The molecule has 1 aromatic rings. The summed E-state index contributed by atoms with van der Waals surface area (Å²) < 4.78 is 44.7. The highest BCUT2D eigenvalue weighted by Gasteiger charge is 2.36. The standard InChI is InChI=1S/C14H17F3N2O2/c1-19-6-4-10(5-7-19)21-12-3-2-9(13(18)20)8-11(12)14(15,16)17/h2-3,8,10H,4-7H2,1H3,(H2,18,20). The number of alkyl halides is 3. The summed E-state index contributed by atoms with van der Waals surface area (Å²) in [5.74, 6) is -1.15. The molecule has 1 fully saturated rings. The normalized spacial score (nSPS) is 17.7. The predicted molar refractivity (Wildman–Crippen MR) is 71.1 cm³/mol. The second-order valence-electron chi connectivity index (χ2n) is 5.19. The summed E-state index contributed by atoms with van der Waals surface area (Å²) in [5, 5.41) is 0. The van der Waals surface area contributed by atoms with Gasteiger partial charge < -0.3 is 15.4 Å². The molecule has 2 N–H and O–H groups in total. The van der Waals surface area contributed by atoms with E-state index in [1.54, 1.807) is 0 Å². The maximum Gasteiger partial charge on any atom is 0.419 e. The molecule has 1 heterocycles. The molecule has 4 nitrogen and oxygen atoms in total. The van der Waals surface area contributed by atoms with Crippen molar-refractivity contribution < 1.29 is 22.7 Å². The summed E-state index contributed by atoms with van der Waals surface area (Å²) >= 11 is 0. The minimum Gasteiger partial charge on any atom is -0.490 e. The Labute approximate surface area is 120 Å². The van der Waals surface area contributed by atoms with Crippen molar-refractivity contribution in [3.8, 4) is 5.75 Å². The number of benzene rings is 1. The number of likely N-dealkylation sites (tertiary alicyclic amines) is 1. The number of carbonyl (C=O) groups is 1. The number of rotatable bonds is 3. The molecule has 1 aromatic carbocycles. The van der Waals surface area contributed by atoms with E-state index in [1.807, 2.05) is 7.05 Å². The highest BCUT2D eigenvalue weighted by atomic mass is 19.4. The van der Waals surface area contributed by atoms with E-state index < -0.39 is 17.6 Å². The third kappa shape index (κ3) is 3.87. The summed E-state index contributed by atoms with van der Waals surface area (Å²) in [6, 6.07) is 3.16. The number of piperidine rings is 1. The van der Waals surface area contributed by atoms with Crippen molar-refractivity contribution in [2.24, 2.45) is 5.73 Å². The first-order chi connectivity index (χ1) is 9.77. The van der Waals surface area contributed by atoms with Gasteiger partial charge in [0.15, 0.2) is 0 Å². The van der Waals surface area contributed by atoms with E-state index in [9.17, 15) is 18.0 Å². The largest absolute Gasteiger partial charge is 0.490 e. The maximum absolute atomic E-state index is 13.1. The van der Waals surface area contributed by atoms with Gasteiger partial charge in [-0.3, -0.25) is 4.79 Å². The van der Waals surface area contributed by atoms with Gasteiger partial charge in [0.05, 0.1) is 5.56 Å². The molecule has 2 rings (SSSR count). The van der Waals surface area contributed by atoms with E-state index in [-0.39, 0.29) is 17.4 Å². The van der Waals surface area contributed by atoms with Crippen molar-refractivity contribution in [3.63, 3.8) is 0 Å². The first-order valence-corrected chi connectivity index (χ1v) is 6.63. The highest BCUT2D eigenvalue weighted by molar-refractivity contribution is 5.93. The zero-order chi connectivity index (χ0) is 15.6. The molecule has 1 aliphatic heterocycles. The Balaban J connectivity index is 2.24. The monoisotopic (exact) mass is 302 g/mol. The third-order valence-corrected chi connectivity index (χ3v) is 3.53. The number of halogens is 3. The van der Waals surface area contributed by atoms with Crippen molar-refractivity contribution in [2.45, 2.75) is 25.1 Å². The average Bonchev–Trinajstić information content (AvgIpc) is 2.40. The maximum atomic E-state index is 13.1. The summed E-state index contributed by atoms with van der Waals surface area (Å²) in [6.07, 6.45) is -3.50. The minimum absolute atomic E-state index is 0.182. The molecule has 0 bridgehead atoms. The lowest BCUT2D eigenvalue weighted by Crippen LogP contribution is -2.36. The topological polar surface area (TPSA) is 55.6 Å². The number of ether oxygens (including phenoxy) is 1. The molecule has 0 aliphatic carbocycles. The molecule has 7 heteroatoms. The Bertz CT molecular complexity index is 523. The number of primary amides is 1. The van der Waals surface area contributed by atoms with Crippen molar-refractivity contribution in [1.29, 1.82) is 0 Å². The van der Waals surface area contributed by atoms with E-state index in [2.05, 4.69) is 4.90 Å². The van der Waals surface area contributed by atoms with Crippen LogP contribution in [0.2, 0.25) is 0 Å². The lowest BCUT2D eigenvalue weighted by molar-refractivity contribution is -0.139. The molecule has 116 valence electrons. The molecule has 0 spiro atoms. The van der Waals surface area contributed by atoms with Crippen LogP contribution in [0.15, 0.2) is 18.2 Å². The van der Waals surface area contributed by atoms with Crippen LogP contribution >= 0.6 is 0 Å². The molecule has 1 aliphatic rings. The van der Waals surface area contributed by atoms with Crippen LogP contribution in [0.25, 0.3) is 0 Å². The summed E-state index contributed by atoms with van der Waals surface area (Å²) in [6.45, 7) is 1.57. The van der Waals surface area contributed by atoms with Gasteiger partial charge in [0, 0.05) is 18.7 Å². The Hall–Kier alpha value is -1.76. The Morgan fingerprint density at radius 1 is 1.33 bits per heavy atom. The Morgan fingerprint density at radius 2 is 1.95 bits per heavy atom. The summed E-state index contributed by atoms with van der Waals surface area (Å²) in [4.78, 5) is 13.1. The zero-order valence-electron chi connectivity index (χ0n) is 11.6. The second kappa shape index (κ2) is 5.93. The molecule has 21 heavy (non-hydrogen) atoms. The zero-order valence-corrected chi connectivity index (χ0v) is 11.6. The van der Waals surface area contributed by atoms with Crippen LogP contribution in [-0.2, 0) is 6.18 Å². The molecule has 0 aromatic heterocycles. The fourth-order valence-corrected chi connectivity index (χ4v) is 2.29. The molecule has 0 radical (unpaired) electrons. The lowest BCUT2D eigenvalue weighted by atomic mass is 10.1. The fourth-order valence-electron chi connectivity index (χ4n) is 2.29. The van der Waals surface area contributed by atoms with E-state index in [0.717, 1.165) is 19.2 Å².